The molecule has 0 aromatic heterocycles. The van der Waals surface area contributed by atoms with Crippen molar-refractivity contribution in [1.29, 1.82) is 0 Å². The molecule has 0 heterocycles. The van der Waals surface area contributed by atoms with E-state index in [1.807, 2.05) is 0 Å². The van der Waals surface area contributed by atoms with Crippen LogP contribution in [0.3, 0.4) is 0 Å². The van der Waals surface area contributed by atoms with Crippen molar-refractivity contribution in [3.05, 3.63) is 11.1 Å². The Bertz CT molecular complexity index is 305. The summed E-state index contributed by atoms with van der Waals surface area (Å²) < 4.78 is 21.3. The normalized spacial score (nSPS) is 14.1. The predicted octanol–water partition coefficient (Wildman–Crippen LogP) is 0.287. The average molecular weight is 311 g/mol. The fourth-order valence-corrected chi connectivity index (χ4v) is 3.62. The Morgan fingerprint density at radius 1 is 1.21 bits per heavy atom. The van der Waals surface area contributed by atoms with Crippen LogP contribution in [-0.4, -0.2) is 29.8 Å². The molecule has 0 aliphatic rings. The molecular weight excluding hydrogens is 302 g/mol. The van der Waals surface area contributed by atoms with Gasteiger partial charge < -0.3 is 24.7 Å². The van der Waals surface area contributed by atoms with Gasteiger partial charge in [-0.05, 0) is 4.48 Å². The van der Waals surface area contributed by atoms with Gasteiger partial charge >= 0.3 is 15.2 Å². The molecule has 10 heteroatoms. The smallest absolute Gasteiger partial charge is 0.367 e. The lowest BCUT2D eigenvalue weighted by molar-refractivity contribution is 0.132. The van der Waals surface area contributed by atoms with Gasteiger partial charge in [0, 0.05) is 6.42 Å². The van der Waals surface area contributed by atoms with Crippen LogP contribution in [0.25, 0.3) is 0 Å². The van der Waals surface area contributed by atoms with E-state index in [9.17, 15) is 14.2 Å². The maximum absolute atomic E-state index is 10.7. The molecule has 0 atom stereocenters. The Morgan fingerprint density at radius 2 is 1.50 bits per heavy atom. The molecule has 5 N–H and O–H groups in total. The molecule has 0 aliphatic heterocycles. The van der Waals surface area contributed by atoms with Crippen LogP contribution >= 0.6 is 31.1 Å². The minimum absolute atomic E-state index is 0.133. The first kappa shape index (κ1) is 14.5. The van der Waals surface area contributed by atoms with Crippen LogP contribution in [0, 0.1) is 0 Å². The van der Waals surface area contributed by atoms with Crippen molar-refractivity contribution in [2.75, 3.05) is 0 Å². The molecule has 0 aromatic rings. The van der Waals surface area contributed by atoms with Gasteiger partial charge in [-0.2, -0.15) is 0 Å². The topological polar surface area (TPSA) is 135 Å². The van der Waals surface area contributed by atoms with Crippen LogP contribution in [0.1, 0.15) is 6.42 Å². The molecule has 7 nitrogen and oxygen atoms in total. The monoisotopic (exact) mass is 310 g/mol. The summed E-state index contributed by atoms with van der Waals surface area (Å²) in [7, 11) is -10.7. The maximum atomic E-state index is 10.7. The van der Waals surface area contributed by atoms with Crippen molar-refractivity contribution in [3.8, 4) is 0 Å². The molecule has 0 radical (unpaired) electrons. The van der Waals surface area contributed by atoms with Gasteiger partial charge in [-0.25, -0.2) is 0 Å². The lowest BCUT2D eigenvalue weighted by Crippen LogP contribution is -2.28. The van der Waals surface area contributed by atoms with E-state index >= 15 is 0 Å². The molecule has 0 unspecified atom stereocenters. The quantitative estimate of drug-likeness (QED) is 0.471. The molecule has 0 aliphatic carbocycles. The highest BCUT2D eigenvalue weighted by Crippen LogP contribution is 2.69. The zero-order valence-corrected chi connectivity index (χ0v) is 10.1. The SMILES string of the molecule is C=C(Br)CC(O)(P(=O)(O)O)P(=O)(O)O. The zero-order chi connectivity index (χ0) is 11.8. The molecule has 0 saturated carbocycles. The van der Waals surface area contributed by atoms with Gasteiger partial charge in [0.2, 0.25) is 0 Å². The van der Waals surface area contributed by atoms with Gasteiger partial charge in [0.15, 0.2) is 0 Å². The number of rotatable bonds is 4. The average Bonchev–Trinajstić information content (AvgIpc) is 1.79. The summed E-state index contributed by atoms with van der Waals surface area (Å²) in [5, 5.41) is 5.82. The summed E-state index contributed by atoms with van der Waals surface area (Å²) in [5.74, 6) is 0. The van der Waals surface area contributed by atoms with Gasteiger partial charge in [0.05, 0.1) is 0 Å². The second-order valence-electron chi connectivity index (χ2n) is 2.56. The Kier molecular flexibility index (Phi) is 4.30. The summed E-state index contributed by atoms with van der Waals surface area (Å²) in [6.07, 6.45) is -0.943. The van der Waals surface area contributed by atoms with Gasteiger partial charge in [0.25, 0.3) is 5.08 Å². The van der Waals surface area contributed by atoms with Crippen LogP contribution in [-0.2, 0) is 9.13 Å². The first-order valence-electron chi connectivity index (χ1n) is 3.09. The molecule has 0 saturated heterocycles. The summed E-state index contributed by atoms with van der Waals surface area (Å²) in [6, 6.07) is 0. The van der Waals surface area contributed by atoms with Gasteiger partial charge in [-0.3, -0.25) is 9.13 Å². The Labute approximate surface area is 87.9 Å². The first-order valence-corrected chi connectivity index (χ1v) is 7.10. The lowest BCUT2D eigenvalue weighted by Gasteiger charge is -2.28. The second-order valence-corrected chi connectivity index (χ2v) is 7.69. The summed E-state index contributed by atoms with van der Waals surface area (Å²) in [6.45, 7) is 3.14. The molecular formula is C4H9BrO7P2. The van der Waals surface area contributed by atoms with Crippen LogP contribution in [0.5, 0.6) is 0 Å². The zero-order valence-electron chi connectivity index (χ0n) is 6.74. The van der Waals surface area contributed by atoms with E-state index in [1.54, 1.807) is 0 Å². The van der Waals surface area contributed by atoms with E-state index in [-0.39, 0.29) is 4.48 Å². The highest BCUT2D eigenvalue weighted by molar-refractivity contribution is 9.11. The molecule has 0 rings (SSSR count). The third kappa shape index (κ3) is 2.98. The number of aliphatic hydroxyl groups is 1. The summed E-state index contributed by atoms with van der Waals surface area (Å²) in [5.41, 5.74) is 0. The minimum atomic E-state index is -5.36. The van der Waals surface area contributed by atoms with E-state index in [2.05, 4.69) is 22.5 Å². The maximum Gasteiger partial charge on any atom is 0.369 e. The van der Waals surface area contributed by atoms with Crippen molar-refractivity contribution in [1.82, 2.24) is 0 Å². The van der Waals surface area contributed by atoms with Crippen molar-refractivity contribution in [2.24, 2.45) is 0 Å². The van der Waals surface area contributed by atoms with Crippen LogP contribution in [0.15, 0.2) is 11.1 Å². The molecule has 0 aromatic carbocycles. The fraction of sp³-hybridized carbons (Fsp3) is 0.500. The standard InChI is InChI=1S/C4H9BrO7P2/c1-3(5)2-4(6,13(7,8)9)14(10,11)12/h6H,1-2H2,(H2,7,8,9)(H2,10,11,12). The fourth-order valence-electron chi connectivity index (χ4n) is 0.633. The van der Waals surface area contributed by atoms with Crippen molar-refractivity contribution >= 4 is 31.1 Å². The van der Waals surface area contributed by atoms with E-state index < -0.39 is 26.7 Å². The minimum Gasteiger partial charge on any atom is -0.367 e. The van der Waals surface area contributed by atoms with E-state index in [0.717, 1.165) is 0 Å². The first-order chi connectivity index (χ1) is 5.92. The van der Waals surface area contributed by atoms with Gasteiger partial charge in [-0.1, -0.05) is 22.5 Å². The van der Waals surface area contributed by atoms with Crippen molar-refractivity contribution < 1.29 is 33.8 Å². The highest BCUT2D eigenvalue weighted by Gasteiger charge is 2.59. The van der Waals surface area contributed by atoms with Crippen LogP contribution in [0.4, 0.5) is 0 Å². The molecule has 0 amide bonds. The summed E-state index contributed by atoms with van der Waals surface area (Å²) >= 11 is 2.65. The van der Waals surface area contributed by atoms with Crippen molar-refractivity contribution in [2.45, 2.75) is 11.5 Å². The Hall–Kier alpha value is 0.480. The molecule has 0 spiro atoms. The van der Waals surface area contributed by atoms with Crippen LogP contribution in [0.2, 0.25) is 0 Å². The van der Waals surface area contributed by atoms with Gasteiger partial charge in [-0.15, -0.1) is 0 Å². The second kappa shape index (κ2) is 4.15. The van der Waals surface area contributed by atoms with E-state index in [1.165, 1.54) is 0 Å². The highest BCUT2D eigenvalue weighted by atomic mass is 79.9. The number of halogens is 1. The Balaban J connectivity index is 5.41. The number of hydrogen-bond donors (Lipinski definition) is 5. The number of hydrogen-bond acceptors (Lipinski definition) is 3. The Morgan fingerprint density at radius 3 is 1.57 bits per heavy atom. The van der Waals surface area contributed by atoms with Crippen molar-refractivity contribution in [3.63, 3.8) is 0 Å². The summed E-state index contributed by atoms with van der Waals surface area (Å²) in [4.78, 5) is 34.5. The molecule has 0 bridgehead atoms. The molecule has 0 fully saturated rings. The predicted molar refractivity (Wildman–Crippen MR) is 51.7 cm³/mol. The largest absolute Gasteiger partial charge is 0.369 e. The van der Waals surface area contributed by atoms with E-state index in [0.29, 0.717) is 0 Å². The van der Waals surface area contributed by atoms with Crippen LogP contribution < -0.4 is 0 Å². The van der Waals surface area contributed by atoms with E-state index in [4.69, 9.17) is 19.6 Å². The third-order valence-electron chi connectivity index (χ3n) is 1.36. The molecule has 14 heavy (non-hydrogen) atoms. The molecule has 84 valence electrons. The third-order valence-corrected chi connectivity index (χ3v) is 5.39. The van der Waals surface area contributed by atoms with Gasteiger partial charge in [0.1, 0.15) is 0 Å². The lowest BCUT2D eigenvalue weighted by atomic mass is 10.4.